The van der Waals surface area contributed by atoms with Crippen LogP contribution in [0.4, 0.5) is 0 Å². The van der Waals surface area contributed by atoms with Gasteiger partial charge >= 0.3 is 0 Å². The van der Waals surface area contributed by atoms with Crippen molar-refractivity contribution in [3.63, 3.8) is 0 Å². The van der Waals surface area contributed by atoms with Crippen LogP contribution in [-0.2, 0) is 0 Å². The van der Waals surface area contributed by atoms with Crippen molar-refractivity contribution in [1.82, 2.24) is 10.2 Å². The molecular formula is C18H22N2O2. The number of hydrogen-bond donors (Lipinski definition) is 1. The second-order valence-corrected chi connectivity index (χ2v) is 5.63. The number of rotatable bonds is 5. The third kappa shape index (κ3) is 3.13. The Kier molecular flexibility index (Phi) is 4.71. The summed E-state index contributed by atoms with van der Waals surface area (Å²) in [5.74, 6) is 0.830. The lowest BCUT2D eigenvalue weighted by Gasteiger charge is -2.26. The molecule has 116 valence electrons. The quantitative estimate of drug-likeness (QED) is 0.860. The molecule has 22 heavy (non-hydrogen) atoms. The Labute approximate surface area is 131 Å². The van der Waals surface area contributed by atoms with Gasteiger partial charge in [-0.2, -0.15) is 0 Å². The summed E-state index contributed by atoms with van der Waals surface area (Å²) in [4.78, 5) is 15.1. The zero-order valence-electron chi connectivity index (χ0n) is 13.0. The minimum Gasteiger partial charge on any atom is -0.496 e. The molecule has 1 heterocycles. The number of nitrogens with one attached hydrogen (secondary N) is 1. The summed E-state index contributed by atoms with van der Waals surface area (Å²) in [5.41, 5.74) is 0.718. The first-order chi connectivity index (χ1) is 10.8. The van der Waals surface area contributed by atoms with Gasteiger partial charge < -0.3 is 15.0 Å². The number of Topliss-reactive ketones (excluding diaryl/α,β-unsaturated/α-hetero) is 1. The van der Waals surface area contributed by atoms with Gasteiger partial charge in [0.15, 0.2) is 5.78 Å². The maximum absolute atomic E-state index is 12.8. The van der Waals surface area contributed by atoms with Crippen molar-refractivity contribution < 1.29 is 9.53 Å². The molecule has 0 amide bonds. The second-order valence-electron chi connectivity index (χ2n) is 5.63. The van der Waals surface area contributed by atoms with Gasteiger partial charge in [0.1, 0.15) is 5.75 Å². The number of fused-ring (bicyclic) bond motifs is 1. The molecule has 2 aromatic carbocycles. The molecule has 0 radical (unpaired) electrons. The number of methoxy groups -OCH3 is 1. The Hall–Kier alpha value is -1.91. The van der Waals surface area contributed by atoms with Gasteiger partial charge in [-0.1, -0.05) is 30.3 Å². The molecule has 0 atom stereocenters. The Morgan fingerprint density at radius 1 is 1.18 bits per heavy atom. The van der Waals surface area contributed by atoms with Gasteiger partial charge in [0.25, 0.3) is 0 Å². The molecule has 3 rings (SSSR count). The number of ketones is 1. The minimum atomic E-state index is 0.159. The Morgan fingerprint density at radius 3 is 2.73 bits per heavy atom. The molecule has 0 unspecified atom stereocenters. The number of carbonyl (C=O) groups is 1. The zero-order valence-corrected chi connectivity index (χ0v) is 13.0. The van der Waals surface area contributed by atoms with Crippen LogP contribution in [0.3, 0.4) is 0 Å². The highest BCUT2D eigenvalue weighted by Gasteiger charge is 2.18. The van der Waals surface area contributed by atoms with E-state index in [1.54, 1.807) is 7.11 Å². The van der Waals surface area contributed by atoms with Crippen LogP contribution < -0.4 is 10.1 Å². The van der Waals surface area contributed by atoms with E-state index in [2.05, 4.69) is 10.2 Å². The maximum Gasteiger partial charge on any atom is 0.168 e. The number of carbonyl (C=O) groups excluding carboxylic acids is 1. The van der Waals surface area contributed by atoms with E-state index in [0.717, 1.165) is 49.1 Å². The van der Waals surface area contributed by atoms with Crippen LogP contribution in [0.1, 0.15) is 16.8 Å². The highest BCUT2D eigenvalue weighted by molar-refractivity contribution is 6.10. The lowest BCUT2D eigenvalue weighted by Crippen LogP contribution is -2.44. The van der Waals surface area contributed by atoms with E-state index in [4.69, 9.17) is 4.74 Å². The van der Waals surface area contributed by atoms with E-state index >= 15 is 0 Å². The van der Waals surface area contributed by atoms with Crippen molar-refractivity contribution in [2.45, 2.75) is 6.42 Å². The van der Waals surface area contributed by atoms with Gasteiger partial charge in [0.05, 0.1) is 12.7 Å². The molecular weight excluding hydrogens is 276 g/mol. The van der Waals surface area contributed by atoms with E-state index in [1.165, 1.54) is 0 Å². The fraction of sp³-hybridized carbons (Fsp3) is 0.389. The predicted molar refractivity (Wildman–Crippen MR) is 88.8 cm³/mol. The summed E-state index contributed by atoms with van der Waals surface area (Å²) in [6.07, 6.45) is 0.532. The number of ether oxygens (including phenoxy) is 1. The average Bonchev–Trinajstić information content (AvgIpc) is 2.59. The molecule has 1 aliphatic heterocycles. The van der Waals surface area contributed by atoms with Crippen molar-refractivity contribution in [2.24, 2.45) is 0 Å². The fourth-order valence-electron chi connectivity index (χ4n) is 3.03. The molecule has 1 saturated heterocycles. The van der Waals surface area contributed by atoms with Crippen LogP contribution in [0.25, 0.3) is 10.8 Å². The largest absolute Gasteiger partial charge is 0.496 e. The second kappa shape index (κ2) is 6.90. The third-order valence-corrected chi connectivity index (χ3v) is 4.25. The molecule has 0 aromatic heterocycles. The van der Waals surface area contributed by atoms with Crippen molar-refractivity contribution in [2.75, 3.05) is 39.8 Å². The molecule has 0 aliphatic carbocycles. The topological polar surface area (TPSA) is 41.6 Å². The Balaban J connectivity index is 1.82. The molecule has 0 spiro atoms. The molecule has 1 fully saturated rings. The normalized spacial score (nSPS) is 15.9. The van der Waals surface area contributed by atoms with Crippen molar-refractivity contribution >= 4 is 16.6 Å². The molecule has 4 nitrogen and oxygen atoms in total. The van der Waals surface area contributed by atoms with Crippen molar-refractivity contribution in [3.8, 4) is 5.75 Å². The zero-order chi connectivity index (χ0) is 15.4. The summed E-state index contributed by atoms with van der Waals surface area (Å²) >= 11 is 0. The van der Waals surface area contributed by atoms with Crippen LogP contribution in [0.15, 0.2) is 36.4 Å². The van der Waals surface area contributed by atoms with E-state index in [-0.39, 0.29) is 5.78 Å². The number of benzene rings is 2. The number of piperazine rings is 1. The van der Waals surface area contributed by atoms with Gasteiger partial charge in [-0.25, -0.2) is 0 Å². The first-order valence-corrected chi connectivity index (χ1v) is 7.81. The van der Waals surface area contributed by atoms with Gasteiger partial charge in [-0.3, -0.25) is 4.79 Å². The maximum atomic E-state index is 12.8. The monoisotopic (exact) mass is 298 g/mol. The molecule has 4 heteroatoms. The van der Waals surface area contributed by atoms with Crippen molar-refractivity contribution in [1.29, 1.82) is 0 Å². The fourth-order valence-corrected chi connectivity index (χ4v) is 3.03. The first-order valence-electron chi connectivity index (χ1n) is 7.81. The third-order valence-electron chi connectivity index (χ3n) is 4.25. The van der Waals surface area contributed by atoms with Gasteiger partial charge in [-0.15, -0.1) is 0 Å². The summed E-state index contributed by atoms with van der Waals surface area (Å²) in [7, 11) is 1.62. The molecule has 0 saturated carbocycles. The number of hydrogen-bond acceptors (Lipinski definition) is 4. The van der Waals surface area contributed by atoms with Crippen LogP contribution in [0.5, 0.6) is 5.75 Å². The van der Waals surface area contributed by atoms with Crippen LogP contribution >= 0.6 is 0 Å². The van der Waals surface area contributed by atoms with Gasteiger partial charge in [0.2, 0.25) is 0 Å². The standard InChI is InChI=1S/C18H22N2O2/c1-22-17-7-6-14-4-2-3-5-15(14)18(17)16(21)8-11-20-12-9-19-10-13-20/h2-7,19H,8-13H2,1H3. The SMILES string of the molecule is COc1ccc2ccccc2c1C(=O)CCN1CCNCC1. The molecule has 1 aliphatic rings. The Morgan fingerprint density at radius 2 is 1.95 bits per heavy atom. The van der Waals surface area contributed by atoms with E-state index in [0.29, 0.717) is 12.2 Å². The summed E-state index contributed by atoms with van der Waals surface area (Å²) in [6, 6.07) is 11.9. The molecule has 1 N–H and O–H groups in total. The molecule has 0 bridgehead atoms. The smallest absolute Gasteiger partial charge is 0.168 e. The summed E-state index contributed by atoms with van der Waals surface area (Å²) in [5, 5.41) is 5.39. The summed E-state index contributed by atoms with van der Waals surface area (Å²) in [6.45, 7) is 4.85. The highest BCUT2D eigenvalue weighted by atomic mass is 16.5. The van der Waals surface area contributed by atoms with E-state index < -0.39 is 0 Å². The highest BCUT2D eigenvalue weighted by Crippen LogP contribution is 2.29. The number of nitrogens with zero attached hydrogens (tertiary/aromatic N) is 1. The van der Waals surface area contributed by atoms with Crippen LogP contribution in [-0.4, -0.2) is 50.5 Å². The first kappa shape index (κ1) is 15.0. The van der Waals surface area contributed by atoms with Gasteiger partial charge in [-0.05, 0) is 16.8 Å². The summed E-state index contributed by atoms with van der Waals surface area (Å²) < 4.78 is 5.42. The lowest BCUT2D eigenvalue weighted by molar-refractivity contribution is 0.0959. The van der Waals surface area contributed by atoms with Gasteiger partial charge in [0, 0.05) is 39.1 Å². The minimum absolute atomic E-state index is 0.159. The predicted octanol–water partition coefficient (Wildman–Crippen LogP) is 2.33. The van der Waals surface area contributed by atoms with Crippen molar-refractivity contribution in [3.05, 3.63) is 42.0 Å². The van der Waals surface area contributed by atoms with E-state index in [9.17, 15) is 4.79 Å². The Bertz CT molecular complexity index is 663. The van der Waals surface area contributed by atoms with Crippen LogP contribution in [0.2, 0.25) is 0 Å². The van der Waals surface area contributed by atoms with E-state index in [1.807, 2.05) is 36.4 Å². The molecule has 2 aromatic rings. The van der Waals surface area contributed by atoms with Crippen LogP contribution in [0, 0.1) is 0 Å². The lowest BCUT2D eigenvalue weighted by atomic mass is 9.98. The average molecular weight is 298 g/mol.